The molecule has 0 aliphatic heterocycles. The normalized spacial score (nSPS) is 14.7. The van der Waals surface area contributed by atoms with Crippen molar-refractivity contribution in [1.82, 2.24) is 10.3 Å². The van der Waals surface area contributed by atoms with Crippen LogP contribution in [0.3, 0.4) is 0 Å². The number of rotatable bonds is 5. The van der Waals surface area contributed by atoms with Crippen LogP contribution >= 0.6 is 0 Å². The lowest BCUT2D eigenvalue weighted by Gasteiger charge is -2.06. The van der Waals surface area contributed by atoms with E-state index in [9.17, 15) is 0 Å². The summed E-state index contributed by atoms with van der Waals surface area (Å²) < 4.78 is 0. The van der Waals surface area contributed by atoms with E-state index in [4.69, 9.17) is 0 Å². The monoisotopic (exact) mass is 238 g/mol. The van der Waals surface area contributed by atoms with Gasteiger partial charge < -0.3 is 5.32 Å². The molecular weight excluding hydrogens is 220 g/mol. The summed E-state index contributed by atoms with van der Waals surface area (Å²) in [6.45, 7) is 0.995. The van der Waals surface area contributed by atoms with Crippen LogP contribution in [0.5, 0.6) is 0 Å². The van der Waals surface area contributed by atoms with Gasteiger partial charge >= 0.3 is 0 Å². The summed E-state index contributed by atoms with van der Waals surface area (Å²) in [6.07, 6.45) is 7.38. The zero-order valence-corrected chi connectivity index (χ0v) is 10.5. The fraction of sp³-hybridized carbons (Fsp3) is 0.312. The minimum absolute atomic E-state index is 0.772. The van der Waals surface area contributed by atoms with Gasteiger partial charge in [-0.1, -0.05) is 24.3 Å². The molecule has 1 saturated carbocycles. The van der Waals surface area contributed by atoms with Gasteiger partial charge in [0, 0.05) is 25.0 Å². The van der Waals surface area contributed by atoms with E-state index >= 15 is 0 Å². The predicted molar refractivity (Wildman–Crippen MR) is 73.3 cm³/mol. The average Bonchev–Trinajstić information content (AvgIpc) is 3.22. The number of hydrogen-bond acceptors (Lipinski definition) is 2. The molecule has 2 aromatic rings. The van der Waals surface area contributed by atoms with Crippen molar-refractivity contribution in [2.24, 2.45) is 0 Å². The van der Waals surface area contributed by atoms with Crippen LogP contribution in [0, 0.1) is 0 Å². The van der Waals surface area contributed by atoms with Crippen molar-refractivity contribution < 1.29 is 0 Å². The van der Waals surface area contributed by atoms with E-state index in [2.05, 4.69) is 46.7 Å². The second-order valence-electron chi connectivity index (χ2n) is 5.01. The Labute approximate surface area is 108 Å². The Morgan fingerprint density at radius 2 is 1.78 bits per heavy atom. The van der Waals surface area contributed by atoms with Gasteiger partial charge in [0.05, 0.1) is 0 Å². The van der Waals surface area contributed by atoms with E-state index in [0.717, 1.165) is 19.0 Å². The molecule has 18 heavy (non-hydrogen) atoms. The second-order valence-corrected chi connectivity index (χ2v) is 5.01. The smallest absolute Gasteiger partial charge is 0.0270 e. The molecular formula is C16H18N2. The molecule has 1 heterocycles. The second kappa shape index (κ2) is 5.32. The molecule has 3 rings (SSSR count). The first-order valence-electron chi connectivity index (χ1n) is 6.60. The van der Waals surface area contributed by atoms with E-state index < -0.39 is 0 Å². The van der Waals surface area contributed by atoms with E-state index in [1.165, 1.54) is 29.5 Å². The Balaban J connectivity index is 1.66. The third-order valence-corrected chi connectivity index (χ3v) is 3.32. The largest absolute Gasteiger partial charge is 0.310 e. The number of pyridine rings is 1. The average molecular weight is 238 g/mol. The summed E-state index contributed by atoms with van der Waals surface area (Å²) >= 11 is 0. The summed E-state index contributed by atoms with van der Waals surface area (Å²) in [7, 11) is 0. The highest BCUT2D eigenvalue weighted by molar-refractivity contribution is 5.28. The molecule has 0 atom stereocenters. The fourth-order valence-electron chi connectivity index (χ4n) is 2.14. The number of benzene rings is 1. The van der Waals surface area contributed by atoms with E-state index in [0.29, 0.717) is 0 Å². The molecule has 1 aromatic heterocycles. The van der Waals surface area contributed by atoms with Gasteiger partial charge in [0.2, 0.25) is 0 Å². The molecule has 0 bridgehead atoms. The maximum atomic E-state index is 4.05. The summed E-state index contributed by atoms with van der Waals surface area (Å²) in [5, 5.41) is 3.55. The SMILES string of the molecule is c1cc(CNC2CC2)cc(Cc2ccncc2)c1. The minimum Gasteiger partial charge on any atom is -0.310 e. The molecule has 1 N–H and O–H groups in total. The molecule has 2 nitrogen and oxygen atoms in total. The quantitative estimate of drug-likeness (QED) is 0.866. The van der Waals surface area contributed by atoms with Gasteiger partial charge in [-0.15, -0.1) is 0 Å². The van der Waals surface area contributed by atoms with E-state index in [-0.39, 0.29) is 0 Å². The highest BCUT2D eigenvalue weighted by atomic mass is 14.9. The Kier molecular flexibility index (Phi) is 3.37. The first-order chi connectivity index (χ1) is 8.90. The van der Waals surface area contributed by atoms with Crippen LogP contribution in [0.1, 0.15) is 29.5 Å². The Bertz CT molecular complexity index is 504. The summed E-state index contributed by atoms with van der Waals surface area (Å²) in [5.41, 5.74) is 4.07. The van der Waals surface area contributed by atoms with Gasteiger partial charge in [-0.25, -0.2) is 0 Å². The van der Waals surface area contributed by atoms with Crippen LogP contribution in [-0.2, 0) is 13.0 Å². The van der Waals surface area contributed by atoms with Crippen LogP contribution in [-0.4, -0.2) is 11.0 Å². The molecule has 0 radical (unpaired) electrons. The first-order valence-corrected chi connectivity index (χ1v) is 6.60. The molecule has 1 aliphatic rings. The van der Waals surface area contributed by atoms with E-state index in [1.54, 1.807) is 0 Å². The lowest BCUT2D eigenvalue weighted by molar-refractivity contribution is 0.687. The molecule has 0 spiro atoms. The van der Waals surface area contributed by atoms with Crippen molar-refractivity contribution in [1.29, 1.82) is 0 Å². The summed E-state index contributed by atoms with van der Waals surface area (Å²) in [6, 6.07) is 13.8. The van der Waals surface area contributed by atoms with Crippen molar-refractivity contribution in [2.45, 2.75) is 31.8 Å². The minimum atomic E-state index is 0.772. The van der Waals surface area contributed by atoms with Crippen LogP contribution in [0.2, 0.25) is 0 Å². The number of nitrogens with zero attached hydrogens (tertiary/aromatic N) is 1. The number of nitrogens with one attached hydrogen (secondary N) is 1. The topological polar surface area (TPSA) is 24.9 Å². The Hall–Kier alpha value is -1.67. The standard InChI is InChI=1S/C16H18N2/c1-2-14(10-13-6-8-17-9-7-13)11-15(3-1)12-18-16-4-5-16/h1-3,6-9,11,16,18H,4-5,10,12H2. The molecule has 2 heteroatoms. The van der Waals surface area contributed by atoms with Gasteiger partial charge in [0.25, 0.3) is 0 Å². The third-order valence-electron chi connectivity index (χ3n) is 3.32. The third kappa shape index (κ3) is 3.17. The van der Waals surface area contributed by atoms with Gasteiger partial charge in [0.15, 0.2) is 0 Å². The highest BCUT2D eigenvalue weighted by Gasteiger charge is 2.19. The fourth-order valence-corrected chi connectivity index (χ4v) is 2.14. The lowest BCUT2D eigenvalue weighted by atomic mass is 10.0. The highest BCUT2D eigenvalue weighted by Crippen LogP contribution is 2.19. The summed E-state index contributed by atoms with van der Waals surface area (Å²) in [5.74, 6) is 0. The molecule has 1 fully saturated rings. The van der Waals surface area contributed by atoms with Crippen LogP contribution < -0.4 is 5.32 Å². The van der Waals surface area contributed by atoms with E-state index in [1.807, 2.05) is 12.4 Å². The van der Waals surface area contributed by atoms with Crippen molar-refractivity contribution in [2.75, 3.05) is 0 Å². The molecule has 92 valence electrons. The Morgan fingerprint density at radius 3 is 2.56 bits per heavy atom. The van der Waals surface area contributed by atoms with Crippen LogP contribution in [0.4, 0.5) is 0 Å². The van der Waals surface area contributed by atoms with Crippen molar-refractivity contribution in [3.63, 3.8) is 0 Å². The number of aromatic nitrogens is 1. The lowest BCUT2D eigenvalue weighted by Crippen LogP contribution is -2.15. The molecule has 1 aromatic carbocycles. The van der Waals surface area contributed by atoms with Gasteiger partial charge in [0.1, 0.15) is 0 Å². The Morgan fingerprint density at radius 1 is 1.00 bits per heavy atom. The zero-order chi connectivity index (χ0) is 12.2. The predicted octanol–water partition coefficient (Wildman–Crippen LogP) is 2.92. The number of hydrogen-bond donors (Lipinski definition) is 1. The maximum absolute atomic E-state index is 4.05. The van der Waals surface area contributed by atoms with Gasteiger partial charge in [-0.3, -0.25) is 4.98 Å². The van der Waals surface area contributed by atoms with Crippen LogP contribution in [0.15, 0.2) is 48.8 Å². The maximum Gasteiger partial charge on any atom is 0.0270 e. The van der Waals surface area contributed by atoms with Crippen molar-refractivity contribution >= 4 is 0 Å². The molecule has 0 saturated heterocycles. The summed E-state index contributed by atoms with van der Waals surface area (Å²) in [4.78, 5) is 4.05. The molecule has 0 unspecified atom stereocenters. The molecule has 1 aliphatic carbocycles. The van der Waals surface area contributed by atoms with Crippen molar-refractivity contribution in [3.05, 3.63) is 65.5 Å². The van der Waals surface area contributed by atoms with Crippen molar-refractivity contribution in [3.8, 4) is 0 Å². The molecule has 0 amide bonds. The van der Waals surface area contributed by atoms with Crippen LogP contribution in [0.25, 0.3) is 0 Å². The van der Waals surface area contributed by atoms with Gasteiger partial charge in [-0.05, 0) is 48.1 Å². The van der Waals surface area contributed by atoms with Gasteiger partial charge in [-0.2, -0.15) is 0 Å². The first kappa shape index (κ1) is 11.4. The zero-order valence-electron chi connectivity index (χ0n) is 10.5.